The quantitative estimate of drug-likeness (QED) is 0.0785. The van der Waals surface area contributed by atoms with Gasteiger partial charge in [0.15, 0.2) is 0 Å². The van der Waals surface area contributed by atoms with E-state index in [4.69, 9.17) is 24.9 Å². The van der Waals surface area contributed by atoms with Gasteiger partial charge in [-0.1, -0.05) is 63.3 Å². The van der Waals surface area contributed by atoms with E-state index in [0.717, 1.165) is 43.3 Å². The molecule has 0 aromatic heterocycles. The smallest absolute Gasteiger partial charge is 0.373 e. The average Bonchev–Trinajstić information content (AvgIpc) is 3.25. The van der Waals surface area contributed by atoms with Crippen LogP contribution >= 0.6 is 7.82 Å². The van der Waals surface area contributed by atoms with Crippen molar-refractivity contribution in [3.63, 3.8) is 0 Å². The number of allylic oxidation sites excluding steroid dienone is 2. The molecule has 0 amide bonds. The Morgan fingerprint density at radius 3 is 2.56 bits per heavy atom. The molecular formula is C27H47O6P. The van der Waals surface area contributed by atoms with Crippen LogP contribution in [0.15, 0.2) is 24.3 Å². The molecular weight excluding hydrogens is 451 g/mol. The van der Waals surface area contributed by atoms with Crippen molar-refractivity contribution in [3.05, 3.63) is 24.3 Å². The summed E-state index contributed by atoms with van der Waals surface area (Å²) in [6.45, 7) is 13.3. The van der Waals surface area contributed by atoms with Crippen LogP contribution in [0.2, 0.25) is 0 Å². The van der Waals surface area contributed by atoms with E-state index in [2.05, 4.69) is 26.0 Å². The van der Waals surface area contributed by atoms with Gasteiger partial charge < -0.3 is 14.4 Å². The summed E-state index contributed by atoms with van der Waals surface area (Å²) in [5, 5.41) is 0. The summed E-state index contributed by atoms with van der Waals surface area (Å²) >= 11 is 0. The van der Waals surface area contributed by atoms with Crippen LogP contribution in [0, 0.1) is 12.3 Å². The zero-order valence-corrected chi connectivity index (χ0v) is 22.4. The summed E-state index contributed by atoms with van der Waals surface area (Å²) in [5.41, 5.74) is 2.25. The molecule has 0 aromatic rings. The summed E-state index contributed by atoms with van der Waals surface area (Å²) < 4.78 is 34.1. The van der Waals surface area contributed by atoms with Gasteiger partial charge in [0, 0.05) is 13.0 Å². The van der Waals surface area contributed by atoms with Crippen LogP contribution in [-0.4, -0.2) is 43.0 Å². The minimum Gasteiger partial charge on any atom is -0.373 e. The molecule has 7 heteroatoms. The molecule has 0 aromatic carbocycles. The topological polar surface area (TPSA) is 74.2 Å². The van der Waals surface area contributed by atoms with Gasteiger partial charge in [-0.25, -0.2) is 4.57 Å². The third kappa shape index (κ3) is 14.5. The molecule has 0 aliphatic carbocycles. The minimum atomic E-state index is -4.12. The molecule has 1 rings (SSSR count). The maximum Gasteiger partial charge on any atom is 0.472 e. The highest BCUT2D eigenvalue weighted by Crippen LogP contribution is 2.44. The van der Waals surface area contributed by atoms with Gasteiger partial charge in [0.25, 0.3) is 0 Å². The molecule has 0 radical (unpaired) electrons. The largest absolute Gasteiger partial charge is 0.472 e. The Labute approximate surface area is 208 Å². The zero-order chi connectivity index (χ0) is 25.2. The molecule has 3 unspecified atom stereocenters. The standard InChI is InChI=1S/C27H47O6P/c1-6-8-10-12-13-14-16-23(3)24(4)17-18-25(5)33-26-19-21-30-27(26)22-32-34(28,29)31-20-15-11-9-7-2/h2,25-27H,3-4,6,8-22H2,1,5H3,(H,28,29)/t25-,26?,27?/m1/s1. The van der Waals surface area contributed by atoms with Crippen molar-refractivity contribution < 1.29 is 28.0 Å². The first-order valence-electron chi connectivity index (χ1n) is 13.0. The van der Waals surface area contributed by atoms with Gasteiger partial charge in [-0.15, -0.1) is 12.3 Å². The van der Waals surface area contributed by atoms with Crippen LogP contribution < -0.4 is 0 Å². The van der Waals surface area contributed by atoms with Crippen molar-refractivity contribution in [2.45, 2.75) is 116 Å². The third-order valence-electron chi connectivity index (χ3n) is 6.11. The number of phosphoric acid groups is 1. The van der Waals surface area contributed by atoms with E-state index in [9.17, 15) is 9.46 Å². The second-order valence-electron chi connectivity index (χ2n) is 9.21. The molecule has 0 bridgehead atoms. The zero-order valence-electron chi connectivity index (χ0n) is 21.5. The van der Waals surface area contributed by atoms with Crippen LogP contribution in [0.5, 0.6) is 0 Å². The fourth-order valence-corrected chi connectivity index (χ4v) is 4.64. The highest BCUT2D eigenvalue weighted by Gasteiger charge is 2.33. The van der Waals surface area contributed by atoms with Gasteiger partial charge in [0.1, 0.15) is 6.10 Å². The molecule has 1 heterocycles. The van der Waals surface area contributed by atoms with Gasteiger partial charge in [-0.2, -0.15) is 0 Å². The monoisotopic (exact) mass is 498 g/mol. The predicted octanol–water partition coefficient (Wildman–Crippen LogP) is 7.13. The number of terminal acetylenes is 1. The van der Waals surface area contributed by atoms with Crippen molar-refractivity contribution in [2.75, 3.05) is 19.8 Å². The lowest BCUT2D eigenvalue weighted by atomic mass is 9.97. The number of hydrogen-bond donors (Lipinski definition) is 1. The van der Waals surface area contributed by atoms with Crippen LogP contribution in [-0.2, 0) is 23.1 Å². The molecule has 1 aliphatic rings. The molecule has 1 saturated heterocycles. The average molecular weight is 499 g/mol. The maximum atomic E-state index is 12.1. The minimum absolute atomic E-state index is 0.0149. The second kappa shape index (κ2) is 18.4. The molecule has 1 aliphatic heterocycles. The lowest BCUT2D eigenvalue weighted by molar-refractivity contribution is -0.0626. The van der Waals surface area contributed by atoms with Crippen LogP contribution in [0.3, 0.4) is 0 Å². The predicted molar refractivity (Wildman–Crippen MR) is 139 cm³/mol. The van der Waals surface area contributed by atoms with Crippen molar-refractivity contribution in [3.8, 4) is 12.3 Å². The third-order valence-corrected chi connectivity index (χ3v) is 7.10. The van der Waals surface area contributed by atoms with Gasteiger partial charge in [0.2, 0.25) is 0 Å². The first kappa shape index (κ1) is 31.1. The van der Waals surface area contributed by atoms with E-state index in [1.165, 1.54) is 38.5 Å². The summed E-state index contributed by atoms with van der Waals surface area (Å²) in [6, 6.07) is 0. The van der Waals surface area contributed by atoms with E-state index < -0.39 is 7.82 Å². The molecule has 196 valence electrons. The number of rotatable bonds is 21. The summed E-state index contributed by atoms with van der Waals surface area (Å²) in [7, 11) is -4.12. The Bertz CT molecular complexity index is 671. The van der Waals surface area contributed by atoms with Crippen LogP contribution in [0.1, 0.15) is 97.3 Å². The molecule has 0 saturated carbocycles. The lowest BCUT2D eigenvalue weighted by Gasteiger charge is -2.24. The SMILES string of the molecule is C#CCCCCOP(=O)(O)OCC1OCCC1O[C@H](C)CCC(=C)C(=C)CCCCCCCC. The first-order chi connectivity index (χ1) is 16.3. The van der Waals surface area contributed by atoms with Crippen molar-refractivity contribution in [1.29, 1.82) is 0 Å². The van der Waals surface area contributed by atoms with Gasteiger partial charge >= 0.3 is 7.82 Å². The fourth-order valence-electron chi connectivity index (χ4n) is 3.87. The van der Waals surface area contributed by atoms with Crippen LogP contribution in [0.25, 0.3) is 0 Å². The van der Waals surface area contributed by atoms with E-state index in [-0.39, 0.29) is 31.5 Å². The van der Waals surface area contributed by atoms with Crippen LogP contribution in [0.4, 0.5) is 0 Å². The number of ether oxygens (including phenoxy) is 2. The van der Waals surface area contributed by atoms with Gasteiger partial charge in [-0.05, 0) is 51.9 Å². The van der Waals surface area contributed by atoms with E-state index in [0.29, 0.717) is 19.4 Å². The Hall–Kier alpha value is -0.930. The molecule has 6 nitrogen and oxygen atoms in total. The Balaban J connectivity index is 2.26. The lowest BCUT2D eigenvalue weighted by Crippen LogP contribution is -2.31. The maximum absolute atomic E-state index is 12.1. The molecule has 0 spiro atoms. The van der Waals surface area contributed by atoms with Crippen molar-refractivity contribution >= 4 is 7.82 Å². The molecule has 1 N–H and O–H groups in total. The van der Waals surface area contributed by atoms with Crippen molar-refractivity contribution in [2.24, 2.45) is 0 Å². The summed E-state index contributed by atoms with van der Waals surface area (Å²) in [5.74, 6) is 2.53. The van der Waals surface area contributed by atoms with E-state index in [1.54, 1.807) is 0 Å². The Morgan fingerprint density at radius 1 is 1.12 bits per heavy atom. The van der Waals surface area contributed by atoms with Crippen molar-refractivity contribution in [1.82, 2.24) is 0 Å². The molecule has 34 heavy (non-hydrogen) atoms. The van der Waals surface area contributed by atoms with Gasteiger partial charge in [-0.3, -0.25) is 9.05 Å². The highest BCUT2D eigenvalue weighted by molar-refractivity contribution is 7.47. The first-order valence-corrected chi connectivity index (χ1v) is 14.5. The Morgan fingerprint density at radius 2 is 1.82 bits per heavy atom. The molecule has 4 atom stereocenters. The number of unbranched alkanes of at least 4 members (excludes halogenated alkanes) is 7. The van der Waals surface area contributed by atoms with E-state index >= 15 is 0 Å². The second-order valence-corrected chi connectivity index (χ2v) is 10.7. The number of phosphoric ester groups is 1. The fraction of sp³-hybridized carbons (Fsp3) is 0.778. The van der Waals surface area contributed by atoms with E-state index in [1.807, 2.05) is 6.92 Å². The van der Waals surface area contributed by atoms with Gasteiger partial charge in [0.05, 0.1) is 25.4 Å². The normalized spacial score (nSPS) is 20.5. The summed E-state index contributed by atoms with van der Waals surface area (Å²) in [4.78, 5) is 9.87. The Kier molecular flexibility index (Phi) is 16.8. The number of hydrogen-bond acceptors (Lipinski definition) is 5. The highest BCUT2D eigenvalue weighted by atomic mass is 31.2. The summed E-state index contributed by atoms with van der Waals surface area (Å²) in [6.07, 6.45) is 17.7. The molecule has 1 fully saturated rings.